The topological polar surface area (TPSA) is 61.6 Å². The van der Waals surface area contributed by atoms with Crippen molar-refractivity contribution >= 4 is 17.3 Å². The van der Waals surface area contributed by atoms with Crippen LogP contribution in [0.15, 0.2) is 24.3 Å². The van der Waals surface area contributed by atoms with Crippen molar-refractivity contribution in [1.82, 2.24) is 9.80 Å². The maximum Gasteiger partial charge on any atom is 0.238 e. The number of nitrogens with zero attached hydrogens (tertiary/aromatic N) is 2. The molecule has 2 rings (SSSR count). The molecule has 1 saturated heterocycles. The Bertz CT molecular complexity index is 467. The molecule has 1 amide bonds. The van der Waals surface area contributed by atoms with E-state index in [2.05, 4.69) is 29.2 Å². The van der Waals surface area contributed by atoms with Gasteiger partial charge in [0, 0.05) is 17.9 Å². The molecule has 0 saturated carbocycles. The van der Waals surface area contributed by atoms with Crippen molar-refractivity contribution in [2.24, 2.45) is 5.92 Å². The van der Waals surface area contributed by atoms with E-state index in [-0.39, 0.29) is 5.91 Å². The van der Waals surface area contributed by atoms with Crippen molar-refractivity contribution in [2.45, 2.75) is 12.8 Å². The zero-order chi connectivity index (χ0) is 15.2. The lowest BCUT2D eigenvalue weighted by molar-refractivity contribution is -0.117. The van der Waals surface area contributed by atoms with Gasteiger partial charge in [0.2, 0.25) is 5.91 Å². The predicted molar refractivity (Wildman–Crippen MR) is 87.2 cm³/mol. The number of rotatable bonds is 5. The van der Waals surface area contributed by atoms with Gasteiger partial charge in [0.15, 0.2) is 0 Å². The zero-order valence-corrected chi connectivity index (χ0v) is 13.0. The number of amides is 1. The van der Waals surface area contributed by atoms with Gasteiger partial charge in [-0.05, 0) is 64.1 Å². The summed E-state index contributed by atoms with van der Waals surface area (Å²) in [7, 11) is 4.23. The Morgan fingerprint density at radius 2 is 2.10 bits per heavy atom. The number of hydrogen-bond donors (Lipinski definition) is 2. The first kappa shape index (κ1) is 15.8. The van der Waals surface area contributed by atoms with Crippen LogP contribution in [0.5, 0.6) is 0 Å². The number of hydrogen-bond acceptors (Lipinski definition) is 4. The summed E-state index contributed by atoms with van der Waals surface area (Å²) in [5, 5.41) is 2.90. The van der Waals surface area contributed by atoms with Crippen molar-refractivity contribution in [1.29, 1.82) is 0 Å². The van der Waals surface area contributed by atoms with Crippen LogP contribution in [0.4, 0.5) is 11.4 Å². The number of carbonyl (C=O) groups is 1. The Hall–Kier alpha value is -1.59. The Morgan fingerprint density at radius 3 is 2.71 bits per heavy atom. The minimum atomic E-state index is 0.0339. The molecule has 5 heteroatoms. The number of likely N-dealkylation sites (tertiary alicyclic amines) is 1. The average molecular weight is 290 g/mol. The molecule has 1 heterocycles. The molecule has 0 bridgehead atoms. The summed E-state index contributed by atoms with van der Waals surface area (Å²) in [6, 6.07) is 7.29. The molecule has 0 unspecified atom stereocenters. The highest BCUT2D eigenvalue weighted by Crippen LogP contribution is 2.18. The number of benzene rings is 1. The monoisotopic (exact) mass is 290 g/mol. The molecule has 5 nitrogen and oxygen atoms in total. The van der Waals surface area contributed by atoms with Crippen LogP contribution >= 0.6 is 0 Å². The van der Waals surface area contributed by atoms with Gasteiger partial charge in [0.1, 0.15) is 0 Å². The van der Waals surface area contributed by atoms with Crippen LogP contribution in [-0.2, 0) is 4.79 Å². The molecule has 3 N–H and O–H groups in total. The molecule has 0 spiro atoms. The normalized spacial score (nSPS) is 17.1. The summed E-state index contributed by atoms with van der Waals surface area (Å²) >= 11 is 0. The second-order valence-corrected chi connectivity index (χ2v) is 6.16. The number of piperidine rings is 1. The molecule has 116 valence electrons. The van der Waals surface area contributed by atoms with Crippen LogP contribution in [0, 0.1) is 5.92 Å². The summed E-state index contributed by atoms with van der Waals surface area (Å²) < 4.78 is 0. The van der Waals surface area contributed by atoms with E-state index in [1.165, 1.54) is 12.8 Å². The highest BCUT2D eigenvalue weighted by atomic mass is 16.2. The van der Waals surface area contributed by atoms with E-state index >= 15 is 0 Å². The molecule has 1 aromatic rings. The van der Waals surface area contributed by atoms with E-state index < -0.39 is 0 Å². The zero-order valence-electron chi connectivity index (χ0n) is 13.0. The lowest BCUT2D eigenvalue weighted by Crippen LogP contribution is -2.41. The van der Waals surface area contributed by atoms with Gasteiger partial charge < -0.3 is 16.0 Å². The second kappa shape index (κ2) is 7.43. The summed E-state index contributed by atoms with van der Waals surface area (Å²) in [4.78, 5) is 16.5. The van der Waals surface area contributed by atoms with Crippen molar-refractivity contribution in [3.8, 4) is 0 Å². The van der Waals surface area contributed by atoms with Gasteiger partial charge in [-0.15, -0.1) is 0 Å². The molecule has 0 atom stereocenters. The molecule has 1 aliphatic rings. The molecular weight excluding hydrogens is 264 g/mol. The number of anilines is 2. The third kappa shape index (κ3) is 5.36. The molecular formula is C16H26N4O. The van der Waals surface area contributed by atoms with Crippen LogP contribution in [-0.4, -0.2) is 56.0 Å². The highest BCUT2D eigenvalue weighted by molar-refractivity contribution is 5.92. The van der Waals surface area contributed by atoms with Crippen LogP contribution in [0.3, 0.4) is 0 Å². The van der Waals surface area contributed by atoms with E-state index in [0.717, 1.165) is 31.2 Å². The average Bonchev–Trinajstić information content (AvgIpc) is 2.40. The van der Waals surface area contributed by atoms with Crippen molar-refractivity contribution in [3.05, 3.63) is 24.3 Å². The first-order valence-corrected chi connectivity index (χ1v) is 7.55. The molecule has 21 heavy (non-hydrogen) atoms. The summed E-state index contributed by atoms with van der Waals surface area (Å²) in [6.45, 7) is 3.61. The number of carbonyl (C=O) groups excluding carboxylic acids is 1. The first-order chi connectivity index (χ1) is 10.0. The molecule has 1 aliphatic heterocycles. The van der Waals surface area contributed by atoms with E-state index in [9.17, 15) is 4.79 Å². The molecule has 0 aliphatic carbocycles. The van der Waals surface area contributed by atoms with Gasteiger partial charge in [-0.1, -0.05) is 6.07 Å². The van der Waals surface area contributed by atoms with Gasteiger partial charge >= 0.3 is 0 Å². The van der Waals surface area contributed by atoms with Crippen molar-refractivity contribution in [3.63, 3.8) is 0 Å². The summed E-state index contributed by atoms with van der Waals surface area (Å²) in [6.07, 6.45) is 2.34. The van der Waals surface area contributed by atoms with E-state index in [4.69, 9.17) is 5.73 Å². The summed E-state index contributed by atoms with van der Waals surface area (Å²) in [5.74, 6) is 0.792. The predicted octanol–water partition coefficient (Wildman–Crippen LogP) is 1.48. The van der Waals surface area contributed by atoms with E-state index in [1.54, 1.807) is 6.07 Å². The van der Waals surface area contributed by atoms with Gasteiger partial charge in [-0.3, -0.25) is 9.69 Å². The quantitative estimate of drug-likeness (QED) is 0.806. The fourth-order valence-electron chi connectivity index (χ4n) is 2.86. The van der Waals surface area contributed by atoms with Gasteiger partial charge in [-0.25, -0.2) is 0 Å². The molecule has 0 aromatic heterocycles. The number of nitrogens with one attached hydrogen (secondary N) is 1. The maximum atomic E-state index is 12.0. The summed E-state index contributed by atoms with van der Waals surface area (Å²) in [5.41, 5.74) is 7.14. The Kier molecular flexibility index (Phi) is 5.59. The Balaban J connectivity index is 1.74. The van der Waals surface area contributed by atoms with Crippen LogP contribution in [0.1, 0.15) is 12.8 Å². The fraction of sp³-hybridized carbons (Fsp3) is 0.562. The third-order valence-corrected chi connectivity index (χ3v) is 3.87. The standard InChI is InChI=1S/C16H26N4O/c1-19(2)11-13-6-8-20(9-7-13)12-16(21)18-15-5-3-4-14(17)10-15/h3-5,10,13H,6-9,11-12,17H2,1-2H3,(H,18,21). The number of nitrogens with two attached hydrogens (primary N) is 1. The lowest BCUT2D eigenvalue weighted by atomic mass is 9.96. The fourth-order valence-corrected chi connectivity index (χ4v) is 2.86. The minimum Gasteiger partial charge on any atom is -0.399 e. The van der Waals surface area contributed by atoms with Crippen LogP contribution in [0.25, 0.3) is 0 Å². The van der Waals surface area contributed by atoms with Gasteiger partial charge in [0.25, 0.3) is 0 Å². The van der Waals surface area contributed by atoms with Gasteiger partial charge in [0.05, 0.1) is 6.54 Å². The number of nitrogen functional groups attached to an aromatic ring is 1. The SMILES string of the molecule is CN(C)CC1CCN(CC(=O)Nc2cccc(N)c2)CC1. The first-order valence-electron chi connectivity index (χ1n) is 7.55. The van der Waals surface area contributed by atoms with E-state index in [1.807, 2.05) is 18.2 Å². The van der Waals surface area contributed by atoms with Crippen LogP contribution < -0.4 is 11.1 Å². The minimum absolute atomic E-state index is 0.0339. The van der Waals surface area contributed by atoms with Crippen LogP contribution in [0.2, 0.25) is 0 Å². The second-order valence-electron chi connectivity index (χ2n) is 6.16. The van der Waals surface area contributed by atoms with Crippen molar-refractivity contribution < 1.29 is 4.79 Å². The Labute approximate surface area is 127 Å². The Morgan fingerprint density at radius 1 is 1.38 bits per heavy atom. The smallest absolute Gasteiger partial charge is 0.238 e. The third-order valence-electron chi connectivity index (χ3n) is 3.87. The maximum absolute atomic E-state index is 12.0. The highest BCUT2D eigenvalue weighted by Gasteiger charge is 2.21. The van der Waals surface area contributed by atoms with Gasteiger partial charge in [-0.2, -0.15) is 0 Å². The molecule has 1 aromatic carbocycles. The van der Waals surface area contributed by atoms with E-state index in [0.29, 0.717) is 12.2 Å². The lowest BCUT2D eigenvalue weighted by Gasteiger charge is -2.32. The largest absolute Gasteiger partial charge is 0.399 e. The molecule has 0 radical (unpaired) electrons. The van der Waals surface area contributed by atoms with Crippen molar-refractivity contribution in [2.75, 3.05) is 51.3 Å². The molecule has 1 fully saturated rings.